The van der Waals surface area contributed by atoms with Gasteiger partial charge < -0.3 is 10.0 Å². The normalized spacial score (nSPS) is 18.8. The van der Waals surface area contributed by atoms with Crippen LogP contribution in [0.5, 0.6) is 0 Å². The molecule has 1 N–H and O–H groups in total. The lowest BCUT2D eigenvalue weighted by atomic mass is 9.84. The monoisotopic (exact) mass is 250 g/mol. The molecule has 1 aliphatic rings. The molecule has 0 atom stereocenters. The first kappa shape index (κ1) is 14.6. The van der Waals surface area contributed by atoms with Crippen LogP contribution in [0.15, 0.2) is 12.2 Å². The van der Waals surface area contributed by atoms with Crippen molar-refractivity contribution in [3.63, 3.8) is 0 Å². The number of hydrogen-bond acceptors (Lipinski definition) is 2. The average Bonchev–Trinajstić information content (AvgIpc) is 2.70. The summed E-state index contributed by atoms with van der Waals surface area (Å²) in [6.45, 7) is 6.18. The lowest BCUT2D eigenvalue weighted by molar-refractivity contribution is 0.0766. The molecule has 0 bridgehead atoms. The molecule has 0 heterocycles. The first-order chi connectivity index (χ1) is 8.31. The molecule has 0 aromatic carbocycles. The molecule has 1 saturated carbocycles. The highest BCUT2D eigenvalue weighted by molar-refractivity contribution is 5.66. The molecule has 1 amide bonds. The zero-order valence-corrected chi connectivity index (χ0v) is 11.4. The van der Waals surface area contributed by atoms with Crippen molar-refractivity contribution in [3.05, 3.63) is 12.2 Å². The quantitative estimate of drug-likeness (QED) is 0.781. The van der Waals surface area contributed by atoms with E-state index in [-0.39, 0.29) is 5.41 Å². The zero-order valence-electron chi connectivity index (χ0n) is 11.4. The van der Waals surface area contributed by atoms with E-state index < -0.39 is 11.6 Å². The van der Waals surface area contributed by atoms with E-state index in [0.717, 1.165) is 25.7 Å². The lowest BCUT2D eigenvalue weighted by Gasteiger charge is -2.39. The Hall–Kier alpha value is -1.50. The maximum atomic E-state index is 11.4. The first-order valence-electron chi connectivity index (χ1n) is 6.39. The first-order valence-corrected chi connectivity index (χ1v) is 6.39. The van der Waals surface area contributed by atoms with Gasteiger partial charge in [-0.1, -0.05) is 18.9 Å². The minimum absolute atomic E-state index is 0.151. The summed E-state index contributed by atoms with van der Waals surface area (Å²) in [5.74, 6) is 0. The Morgan fingerprint density at radius 1 is 1.44 bits per heavy atom. The van der Waals surface area contributed by atoms with E-state index in [9.17, 15) is 9.90 Å². The zero-order chi connectivity index (χ0) is 13.8. The van der Waals surface area contributed by atoms with Crippen LogP contribution in [0.1, 0.15) is 46.5 Å². The van der Waals surface area contributed by atoms with Crippen LogP contribution in [0.2, 0.25) is 0 Å². The predicted molar refractivity (Wildman–Crippen MR) is 70.1 cm³/mol. The molecular formula is C14H22N2O2. The molecular weight excluding hydrogens is 228 g/mol. The van der Waals surface area contributed by atoms with Crippen molar-refractivity contribution in [1.82, 2.24) is 4.90 Å². The van der Waals surface area contributed by atoms with E-state index in [2.05, 4.69) is 0 Å². The smallest absolute Gasteiger partial charge is 0.407 e. The van der Waals surface area contributed by atoms with Gasteiger partial charge in [-0.05, 0) is 33.6 Å². The molecule has 4 heteroatoms. The highest BCUT2D eigenvalue weighted by Crippen LogP contribution is 2.41. The van der Waals surface area contributed by atoms with Crippen molar-refractivity contribution in [2.45, 2.75) is 52.0 Å². The van der Waals surface area contributed by atoms with Gasteiger partial charge in [-0.2, -0.15) is 5.26 Å². The number of nitriles is 1. The van der Waals surface area contributed by atoms with Gasteiger partial charge in [0.25, 0.3) is 0 Å². The van der Waals surface area contributed by atoms with Crippen molar-refractivity contribution >= 4 is 6.09 Å². The van der Waals surface area contributed by atoms with Crippen LogP contribution in [0.4, 0.5) is 4.79 Å². The fraction of sp³-hybridized carbons (Fsp3) is 0.714. The molecule has 0 aromatic heterocycles. The third-order valence-electron chi connectivity index (χ3n) is 3.62. The molecule has 18 heavy (non-hydrogen) atoms. The molecule has 1 rings (SSSR count). The maximum absolute atomic E-state index is 11.4. The summed E-state index contributed by atoms with van der Waals surface area (Å²) in [4.78, 5) is 12.9. The summed E-state index contributed by atoms with van der Waals surface area (Å²) >= 11 is 0. The third-order valence-corrected chi connectivity index (χ3v) is 3.62. The van der Waals surface area contributed by atoms with Crippen LogP contribution in [-0.4, -0.2) is 28.2 Å². The number of hydrogen-bond donors (Lipinski definition) is 1. The average molecular weight is 250 g/mol. The van der Waals surface area contributed by atoms with Crippen LogP contribution >= 0.6 is 0 Å². The molecule has 1 fully saturated rings. The van der Waals surface area contributed by atoms with Gasteiger partial charge in [-0.3, -0.25) is 0 Å². The van der Waals surface area contributed by atoms with E-state index in [4.69, 9.17) is 5.26 Å². The van der Waals surface area contributed by atoms with E-state index in [1.165, 1.54) is 11.0 Å². The fourth-order valence-corrected chi connectivity index (χ4v) is 2.58. The van der Waals surface area contributed by atoms with Crippen LogP contribution in [0.25, 0.3) is 0 Å². The molecule has 0 radical (unpaired) electrons. The van der Waals surface area contributed by atoms with Gasteiger partial charge in [0.2, 0.25) is 0 Å². The van der Waals surface area contributed by atoms with Crippen molar-refractivity contribution in [2.24, 2.45) is 5.41 Å². The molecule has 1 aliphatic carbocycles. The molecule has 0 aromatic rings. The number of allylic oxidation sites excluding steroid dienone is 1. The largest absolute Gasteiger partial charge is 0.465 e. The molecule has 4 nitrogen and oxygen atoms in total. The van der Waals surface area contributed by atoms with Crippen molar-refractivity contribution in [1.29, 1.82) is 5.26 Å². The number of carbonyl (C=O) groups is 1. The molecule has 0 aliphatic heterocycles. The summed E-state index contributed by atoms with van der Waals surface area (Å²) in [6, 6.07) is 2.01. The minimum Gasteiger partial charge on any atom is -0.465 e. The highest BCUT2D eigenvalue weighted by atomic mass is 16.4. The number of nitrogens with zero attached hydrogens (tertiary/aromatic N) is 2. The Morgan fingerprint density at radius 3 is 2.39 bits per heavy atom. The van der Waals surface area contributed by atoms with Gasteiger partial charge in [0, 0.05) is 23.6 Å². The number of rotatable bonds is 3. The molecule has 0 saturated heterocycles. The van der Waals surface area contributed by atoms with Crippen molar-refractivity contribution < 1.29 is 9.90 Å². The summed E-state index contributed by atoms with van der Waals surface area (Å²) in [5.41, 5.74) is -0.566. The van der Waals surface area contributed by atoms with Crippen LogP contribution in [-0.2, 0) is 0 Å². The van der Waals surface area contributed by atoms with E-state index in [0.29, 0.717) is 6.54 Å². The van der Waals surface area contributed by atoms with E-state index in [1.807, 2.05) is 32.9 Å². The van der Waals surface area contributed by atoms with Gasteiger partial charge in [0.1, 0.15) is 0 Å². The van der Waals surface area contributed by atoms with Crippen LogP contribution in [0.3, 0.4) is 0 Å². The maximum Gasteiger partial charge on any atom is 0.407 e. The highest BCUT2D eigenvalue weighted by Gasteiger charge is 2.38. The number of amides is 1. The summed E-state index contributed by atoms with van der Waals surface area (Å²) in [7, 11) is 0. The Balaban J connectivity index is 2.92. The Kier molecular flexibility index (Phi) is 4.39. The molecule has 0 unspecified atom stereocenters. The van der Waals surface area contributed by atoms with Crippen LogP contribution in [0, 0.1) is 16.7 Å². The van der Waals surface area contributed by atoms with E-state index in [1.54, 1.807) is 0 Å². The fourth-order valence-electron chi connectivity index (χ4n) is 2.58. The Labute approximate surface area is 109 Å². The van der Waals surface area contributed by atoms with E-state index >= 15 is 0 Å². The Morgan fingerprint density at radius 2 is 2.00 bits per heavy atom. The second-order valence-corrected chi connectivity index (χ2v) is 6.07. The van der Waals surface area contributed by atoms with Gasteiger partial charge in [0.05, 0.1) is 6.07 Å². The van der Waals surface area contributed by atoms with Gasteiger partial charge in [-0.25, -0.2) is 4.79 Å². The van der Waals surface area contributed by atoms with Crippen molar-refractivity contribution in [2.75, 3.05) is 6.54 Å². The summed E-state index contributed by atoms with van der Waals surface area (Å²) in [5, 5.41) is 18.0. The minimum atomic E-state index is -0.890. The Bertz CT molecular complexity index is 368. The summed E-state index contributed by atoms with van der Waals surface area (Å²) in [6.07, 6.45) is 6.64. The second-order valence-electron chi connectivity index (χ2n) is 6.07. The second kappa shape index (κ2) is 5.43. The molecule has 0 spiro atoms. The lowest BCUT2D eigenvalue weighted by Crippen LogP contribution is -2.49. The van der Waals surface area contributed by atoms with Crippen molar-refractivity contribution in [3.8, 4) is 6.07 Å². The van der Waals surface area contributed by atoms with Gasteiger partial charge in [-0.15, -0.1) is 0 Å². The number of carboxylic acid groups (broad SMARTS) is 1. The summed E-state index contributed by atoms with van der Waals surface area (Å²) < 4.78 is 0. The van der Waals surface area contributed by atoms with Gasteiger partial charge in [0.15, 0.2) is 0 Å². The third kappa shape index (κ3) is 3.49. The standard InChI is InChI=1S/C14H22N2O2/c1-13(2,3)16(12(17)18)11-14(9-6-10-15)7-4-5-8-14/h6,9H,4-5,7-8,11H2,1-3H3,(H,17,18)/b9-6+. The topological polar surface area (TPSA) is 64.3 Å². The van der Waals surface area contributed by atoms with Gasteiger partial charge >= 0.3 is 6.09 Å². The predicted octanol–water partition coefficient (Wildman–Crippen LogP) is 3.41. The SMILES string of the molecule is CC(C)(C)N(CC1(/C=C/C#N)CCCC1)C(=O)O. The molecule has 100 valence electrons. The van der Waals surface area contributed by atoms with Crippen LogP contribution < -0.4 is 0 Å².